The Morgan fingerprint density at radius 2 is 1.53 bits per heavy atom. The molecule has 1 aliphatic heterocycles. The normalized spacial score (nSPS) is 26.9. The molecule has 1 saturated carbocycles. The van der Waals surface area contributed by atoms with E-state index in [1.807, 2.05) is 66.7 Å². The predicted octanol–water partition coefficient (Wildman–Crippen LogP) is 6.63. The van der Waals surface area contributed by atoms with Crippen molar-refractivity contribution in [3.05, 3.63) is 143 Å². The van der Waals surface area contributed by atoms with E-state index in [0.717, 1.165) is 5.57 Å². The number of aromatic hydroxyl groups is 1. The number of carbonyl (C=O) groups is 5. The Hall–Kier alpha value is -5.89. The van der Waals surface area contributed by atoms with Gasteiger partial charge in [-0.15, -0.1) is 0 Å². The molecule has 8 nitrogen and oxygen atoms in total. The van der Waals surface area contributed by atoms with Crippen molar-refractivity contribution in [3.63, 3.8) is 0 Å². The van der Waals surface area contributed by atoms with E-state index in [-0.39, 0.29) is 53.5 Å². The van der Waals surface area contributed by atoms with Crippen LogP contribution in [0.4, 0.5) is 5.69 Å². The number of carbonyl (C=O) groups excluding carboxylic acids is 5. The quantitative estimate of drug-likeness (QED) is 0.138. The van der Waals surface area contributed by atoms with Gasteiger partial charge in [0.15, 0.2) is 28.8 Å². The second kappa shape index (κ2) is 12.2. The zero-order valence-electron chi connectivity index (χ0n) is 28.1. The van der Waals surface area contributed by atoms with Crippen LogP contribution in [0.25, 0.3) is 5.57 Å². The number of Topliss-reactive ketones (excluding diaryl/α,β-unsaturated/α-hetero) is 2. The number of allylic oxidation sites excluding steroid dienone is 4. The summed E-state index contributed by atoms with van der Waals surface area (Å²) in [5, 5.41) is 11.1. The first-order valence-electron chi connectivity index (χ1n) is 17.1. The first kappa shape index (κ1) is 32.3. The maximum Gasteiger partial charge on any atom is 0.238 e. The zero-order chi connectivity index (χ0) is 35.6. The minimum absolute atomic E-state index is 0.117. The molecule has 2 amide bonds. The molecule has 1 N–H and O–H groups in total. The summed E-state index contributed by atoms with van der Waals surface area (Å²) in [4.78, 5) is 71.9. The third-order valence-corrected chi connectivity index (χ3v) is 11.4. The van der Waals surface area contributed by atoms with E-state index in [1.165, 1.54) is 25.0 Å². The largest absolute Gasteiger partial charge is 0.504 e. The van der Waals surface area contributed by atoms with Crippen molar-refractivity contribution in [1.82, 2.24) is 0 Å². The fraction of sp³-hybridized carbons (Fsp3) is 0.233. The number of methoxy groups -OCH3 is 1. The molecule has 0 bridgehead atoms. The van der Waals surface area contributed by atoms with Gasteiger partial charge in [0.05, 0.1) is 30.0 Å². The van der Waals surface area contributed by atoms with E-state index in [9.17, 15) is 19.5 Å². The molecule has 4 aliphatic rings. The summed E-state index contributed by atoms with van der Waals surface area (Å²) < 4.78 is 5.37. The van der Waals surface area contributed by atoms with E-state index < -0.39 is 35.0 Å². The molecular weight excluding hydrogens is 642 g/mol. The molecule has 0 radical (unpaired) electrons. The number of benzene rings is 4. The molecular formula is C43H35NO7. The second-order valence-electron chi connectivity index (χ2n) is 13.8. The number of imide groups is 1. The van der Waals surface area contributed by atoms with Gasteiger partial charge in [0.25, 0.3) is 0 Å². The minimum Gasteiger partial charge on any atom is -0.504 e. The smallest absolute Gasteiger partial charge is 0.238 e. The van der Waals surface area contributed by atoms with Crippen molar-refractivity contribution < 1.29 is 33.8 Å². The lowest BCUT2D eigenvalue weighted by Gasteiger charge is -2.55. The Kier molecular flexibility index (Phi) is 7.71. The van der Waals surface area contributed by atoms with E-state index in [1.54, 1.807) is 42.5 Å². The highest BCUT2D eigenvalue weighted by molar-refractivity contribution is 6.32. The van der Waals surface area contributed by atoms with Gasteiger partial charge in [0.2, 0.25) is 11.8 Å². The summed E-state index contributed by atoms with van der Waals surface area (Å²) in [6.45, 7) is 1.45. The molecule has 2 fully saturated rings. The number of anilines is 1. The first-order chi connectivity index (χ1) is 24.7. The van der Waals surface area contributed by atoms with Gasteiger partial charge in [-0.25, -0.2) is 0 Å². The Morgan fingerprint density at radius 3 is 2.18 bits per heavy atom. The van der Waals surface area contributed by atoms with Crippen LogP contribution in [0.3, 0.4) is 0 Å². The SMILES string of the molecule is COc1ccc(C2C3=CCC4C(=O)N(c5ccc(C(C)=O)cc5)C(=O)C4C3CC3C(=O)C(c4ccccc4)=CC(=O)C32c2ccccc2)cc1O. The molecule has 0 spiro atoms. The number of nitrogens with zero attached hydrogens (tertiary/aromatic N) is 1. The third kappa shape index (κ3) is 4.77. The van der Waals surface area contributed by atoms with Crippen LogP contribution in [0.2, 0.25) is 0 Å². The summed E-state index contributed by atoms with van der Waals surface area (Å²) in [6.07, 6.45) is 3.90. The molecule has 3 aliphatic carbocycles. The van der Waals surface area contributed by atoms with Crippen molar-refractivity contribution >= 4 is 40.4 Å². The Morgan fingerprint density at radius 1 is 0.843 bits per heavy atom. The standard InChI is InChI=1S/C43H35NO7/c1-24(45)25-13-16-29(17-14-25)44-41(49)31-19-18-30-33(38(31)42(44)50)22-34-40(48)32(26-9-5-3-6-10-26)23-37(47)43(34,28-11-7-4-8-12-28)39(30)27-15-20-36(51-2)35(46)21-27/h3-18,20-21,23,31,33-34,38-39,46H,19,22H2,1-2H3. The van der Waals surface area contributed by atoms with Crippen molar-refractivity contribution in [1.29, 1.82) is 0 Å². The van der Waals surface area contributed by atoms with Crippen LogP contribution in [0.1, 0.15) is 52.7 Å². The fourth-order valence-electron chi connectivity index (χ4n) is 9.24. The number of ether oxygens (including phenoxy) is 1. The van der Waals surface area contributed by atoms with Gasteiger partial charge in [-0.3, -0.25) is 28.9 Å². The van der Waals surface area contributed by atoms with Crippen LogP contribution < -0.4 is 9.64 Å². The summed E-state index contributed by atoms with van der Waals surface area (Å²) in [6, 6.07) is 29.9. The van der Waals surface area contributed by atoms with E-state index in [4.69, 9.17) is 4.74 Å². The molecule has 4 aromatic carbocycles. The van der Waals surface area contributed by atoms with Crippen molar-refractivity contribution in [2.45, 2.75) is 31.1 Å². The molecule has 0 aromatic heterocycles. The average molecular weight is 678 g/mol. The number of ketones is 3. The zero-order valence-corrected chi connectivity index (χ0v) is 28.1. The first-order valence-corrected chi connectivity index (χ1v) is 17.1. The van der Waals surface area contributed by atoms with Gasteiger partial charge in [-0.1, -0.05) is 78.4 Å². The summed E-state index contributed by atoms with van der Waals surface area (Å²) >= 11 is 0. The van der Waals surface area contributed by atoms with Crippen LogP contribution in [-0.4, -0.2) is 41.4 Å². The Bertz CT molecular complexity index is 2190. The summed E-state index contributed by atoms with van der Waals surface area (Å²) in [5.41, 5.74) is 2.46. The molecule has 1 saturated heterocycles. The molecule has 254 valence electrons. The second-order valence-corrected chi connectivity index (χ2v) is 13.8. The van der Waals surface area contributed by atoms with Gasteiger partial charge < -0.3 is 9.84 Å². The molecule has 8 heteroatoms. The van der Waals surface area contributed by atoms with Gasteiger partial charge in [-0.2, -0.15) is 0 Å². The highest BCUT2D eigenvalue weighted by Crippen LogP contribution is 2.64. The van der Waals surface area contributed by atoms with Crippen LogP contribution in [0.5, 0.6) is 11.5 Å². The van der Waals surface area contributed by atoms with Gasteiger partial charge in [0, 0.05) is 23.0 Å². The maximum atomic E-state index is 15.1. The highest BCUT2D eigenvalue weighted by Gasteiger charge is 2.66. The van der Waals surface area contributed by atoms with Crippen LogP contribution in [-0.2, 0) is 24.6 Å². The summed E-state index contributed by atoms with van der Waals surface area (Å²) in [5.74, 6) is -4.76. The number of phenolic OH excluding ortho intramolecular Hbond substituents is 1. The highest BCUT2D eigenvalue weighted by atomic mass is 16.5. The molecule has 6 unspecified atom stereocenters. The Labute approximate surface area is 295 Å². The molecule has 51 heavy (non-hydrogen) atoms. The van der Waals surface area contributed by atoms with Gasteiger partial charge >= 0.3 is 0 Å². The number of amides is 2. The van der Waals surface area contributed by atoms with Crippen LogP contribution in [0, 0.1) is 23.7 Å². The van der Waals surface area contributed by atoms with Gasteiger partial charge in [-0.05, 0) is 84.8 Å². The van der Waals surface area contributed by atoms with Crippen molar-refractivity contribution in [3.8, 4) is 11.5 Å². The number of hydrogen-bond donors (Lipinski definition) is 1. The molecule has 6 atom stereocenters. The lowest BCUT2D eigenvalue weighted by atomic mass is 9.44. The molecule has 1 heterocycles. The predicted molar refractivity (Wildman–Crippen MR) is 190 cm³/mol. The monoisotopic (exact) mass is 677 g/mol. The van der Waals surface area contributed by atoms with E-state index in [2.05, 4.69) is 0 Å². The van der Waals surface area contributed by atoms with Gasteiger partial charge in [0.1, 0.15) is 0 Å². The summed E-state index contributed by atoms with van der Waals surface area (Å²) in [7, 11) is 1.46. The van der Waals surface area contributed by atoms with Crippen LogP contribution in [0.15, 0.2) is 121 Å². The topological polar surface area (TPSA) is 118 Å². The molecule has 4 aromatic rings. The van der Waals surface area contributed by atoms with E-state index in [0.29, 0.717) is 33.5 Å². The number of phenols is 1. The van der Waals surface area contributed by atoms with Crippen molar-refractivity contribution in [2.75, 3.05) is 12.0 Å². The number of fused-ring (bicyclic) bond motifs is 4. The Balaban J connectivity index is 1.33. The average Bonchev–Trinajstić information content (AvgIpc) is 3.41. The fourth-order valence-corrected chi connectivity index (χ4v) is 9.24. The molecule has 8 rings (SSSR count). The lowest BCUT2D eigenvalue weighted by molar-refractivity contribution is -0.135. The number of hydrogen-bond acceptors (Lipinski definition) is 7. The van der Waals surface area contributed by atoms with Crippen molar-refractivity contribution in [2.24, 2.45) is 23.7 Å². The lowest BCUT2D eigenvalue weighted by Crippen LogP contribution is -2.58. The maximum absolute atomic E-state index is 15.1. The van der Waals surface area contributed by atoms with Crippen LogP contribution >= 0.6 is 0 Å². The number of rotatable bonds is 6. The van der Waals surface area contributed by atoms with E-state index >= 15 is 9.59 Å². The third-order valence-electron chi connectivity index (χ3n) is 11.4. The minimum atomic E-state index is -1.40.